The van der Waals surface area contributed by atoms with Crippen LogP contribution in [0.15, 0.2) is 42.5 Å². The van der Waals surface area contributed by atoms with E-state index in [1.807, 2.05) is 36.4 Å². The molecular weight excluding hydrogens is 362 g/mol. The normalized spacial score (nSPS) is 18.6. The number of nitrogens with zero attached hydrogens (tertiary/aromatic N) is 1. The van der Waals surface area contributed by atoms with Crippen LogP contribution < -0.4 is 20.3 Å². The summed E-state index contributed by atoms with van der Waals surface area (Å²) < 4.78 is 5.84. The molecule has 1 saturated heterocycles. The number of nitrogens with one attached hydrogen (secondary N) is 2. The summed E-state index contributed by atoms with van der Waals surface area (Å²) in [4.78, 5) is 14.5. The summed E-state index contributed by atoms with van der Waals surface area (Å²) in [5, 5.41) is 6.40. The van der Waals surface area contributed by atoms with E-state index in [2.05, 4.69) is 21.6 Å². The second kappa shape index (κ2) is 8.09. The Morgan fingerprint density at radius 1 is 1.15 bits per heavy atom. The third kappa shape index (κ3) is 4.30. The first-order valence-electron chi connectivity index (χ1n) is 9.53. The number of halogens is 1. The molecule has 2 aromatic rings. The van der Waals surface area contributed by atoms with Crippen LogP contribution in [-0.4, -0.2) is 31.8 Å². The third-order valence-electron chi connectivity index (χ3n) is 5.11. The van der Waals surface area contributed by atoms with E-state index >= 15 is 0 Å². The fourth-order valence-electron chi connectivity index (χ4n) is 3.73. The first-order chi connectivity index (χ1) is 13.2. The quantitative estimate of drug-likeness (QED) is 0.817. The van der Waals surface area contributed by atoms with E-state index in [0.717, 1.165) is 30.9 Å². The number of hydrogen-bond donors (Lipinski definition) is 2. The van der Waals surface area contributed by atoms with Crippen molar-refractivity contribution in [3.05, 3.63) is 53.1 Å². The minimum atomic E-state index is -0.253. The van der Waals surface area contributed by atoms with Gasteiger partial charge in [0, 0.05) is 25.2 Å². The molecule has 1 atom stereocenters. The van der Waals surface area contributed by atoms with E-state index in [-0.39, 0.29) is 12.1 Å². The molecule has 6 heteroatoms. The Bertz CT molecular complexity index is 796. The van der Waals surface area contributed by atoms with Crippen LogP contribution in [0.4, 0.5) is 16.2 Å². The van der Waals surface area contributed by atoms with Crippen molar-refractivity contribution in [2.75, 3.05) is 29.9 Å². The molecule has 1 unspecified atom stereocenters. The van der Waals surface area contributed by atoms with Gasteiger partial charge in [-0.15, -0.1) is 0 Å². The maximum absolute atomic E-state index is 12.2. The summed E-state index contributed by atoms with van der Waals surface area (Å²) in [5.41, 5.74) is 2.91. The monoisotopic (exact) mass is 385 g/mol. The van der Waals surface area contributed by atoms with E-state index in [1.165, 1.54) is 24.8 Å². The summed E-state index contributed by atoms with van der Waals surface area (Å²) in [5.74, 6) is 0.907. The van der Waals surface area contributed by atoms with Crippen molar-refractivity contribution in [1.29, 1.82) is 0 Å². The number of amides is 2. The fourth-order valence-corrected chi connectivity index (χ4v) is 4.03. The highest BCUT2D eigenvalue weighted by atomic mass is 35.5. The SMILES string of the molecule is O=C(NCC1Cc2ccccc2O1)Nc1ccc(N2CCCCC2)c(Cl)c1. The summed E-state index contributed by atoms with van der Waals surface area (Å²) in [6.07, 6.45) is 4.46. The molecule has 0 bridgehead atoms. The van der Waals surface area contributed by atoms with Crippen molar-refractivity contribution in [1.82, 2.24) is 5.32 Å². The molecule has 4 rings (SSSR count). The van der Waals surface area contributed by atoms with Gasteiger partial charge in [-0.25, -0.2) is 4.79 Å². The minimum Gasteiger partial charge on any atom is -0.488 e. The molecule has 2 N–H and O–H groups in total. The number of fused-ring (bicyclic) bond motifs is 1. The predicted octanol–water partition coefficient (Wildman–Crippen LogP) is 4.46. The Labute approximate surface area is 164 Å². The molecule has 0 spiro atoms. The topological polar surface area (TPSA) is 53.6 Å². The Kier molecular flexibility index (Phi) is 5.39. The highest BCUT2D eigenvalue weighted by molar-refractivity contribution is 6.33. The van der Waals surface area contributed by atoms with Crippen LogP contribution in [0.1, 0.15) is 24.8 Å². The van der Waals surface area contributed by atoms with Crippen molar-refractivity contribution in [2.45, 2.75) is 31.8 Å². The van der Waals surface area contributed by atoms with E-state index in [0.29, 0.717) is 17.3 Å². The number of piperidine rings is 1. The van der Waals surface area contributed by atoms with Crippen LogP contribution in [0, 0.1) is 0 Å². The lowest BCUT2D eigenvalue weighted by atomic mass is 10.1. The van der Waals surface area contributed by atoms with Gasteiger partial charge < -0.3 is 20.3 Å². The van der Waals surface area contributed by atoms with E-state index in [1.54, 1.807) is 0 Å². The van der Waals surface area contributed by atoms with Gasteiger partial charge in [0.2, 0.25) is 0 Å². The van der Waals surface area contributed by atoms with Crippen molar-refractivity contribution in [3.8, 4) is 5.75 Å². The molecule has 142 valence electrons. The summed E-state index contributed by atoms with van der Waals surface area (Å²) in [6, 6.07) is 13.4. The van der Waals surface area contributed by atoms with Crippen LogP contribution in [0.3, 0.4) is 0 Å². The number of hydrogen-bond acceptors (Lipinski definition) is 3. The number of urea groups is 1. The van der Waals surface area contributed by atoms with Gasteiger partial charge >= 0.3 is 6.03 Å². The standard InChI is InChI=1S/C21H24ClN3O2/c22-18-13-16(8-9-19(18)25-10-4-1-5-11-25)24-21(26)23-14-17-12-15-6-2-3-7-20(15)27-17/h2-3,6-9,13,17H,1,4-5,10-12,14H2,(H2,23,24,26). The van der Waals surface area contributed by atoms with Gasteiger partial charge in [0.1, 0.15) is 11.9 Å². The average molecular weight is 386 g/mol. The van der Waals surface area contributed by atoms with E-state index in [9.17, 15) is 4.79 Å². The highest BCUT2D eigenvalue weighted by Gasteiger charge is 2.22. The van der Waals surface area contributed by atoms with Gasteiger partial charge in [-0.3, -0.25) is 0 Å². The Balaban J connectivity index is 1.29. The summed E-state index contributed by atoms with van der Waals surface area (Å²) in [7, 11) is 0. The van der Waals surface area contributed by atoms with Crippen LogP contribution in [0.5, 0.6) is 5.75 Å². The second-order valence-electron chi connectivity index (χ2n) is 7.10. The zero-order valence-corrected chi connectivity index (χ0v) is 16.0. The molecule has 0 aromatic heterocycles. The molecule has 27 heavy (non-hydrogen) atoms. The lowest BCUT2D eigenvalue weighted by molar-refractivity contribution is 0.219. The fraction of sp³-hybridized carbons (Fsp3) is 0.381. The zero-order valence-electron chi connectivity index (χ0n) is 15.2. The Hall–Kier alpha value is -2.40. The van der Waals surface area contributed by atoms with Crippen molar-refractivity contribution >= 4 is 29.0 Å². The molecule has 2 aliphatic heterocycles. The van der Waals surface area contributed by atoms with Crippen LogP contribution in [0.25, 0.3) is 0 Å². The Morgan fingerprint density at radius 3 is 2.74 bits per heavy atom. The molecule has 0 aliphatic carbocycles. The minimum absolute atomic E-state index is 0.0294. The molecule has 5 nitrogen and oxygen atoms in total. The third-order valence-corrected chi connectivity index (χ3v) is 5.41. The van der Waals surface area contributed by atoms with Crippen molar-refractivity contribution < 1.29 is 9.53 Å². The molecule has 2 amide bonds. The average Bonchev–Trinajstić information content (AvgIpc) is 3.10. The first kappa shape index (κ1) is 18.0. The maximum atomic E-state index is 12.2. The smallest absolute Gasteiger partial charge is 0.319 e. The van der Waals surface area contributed by atoms with Gasteiger partial charge in [-0.05, 0) is 49.1 Å². The number of ether oxygens (including phenoxy) is 1. The van der Waals surface area contributed by atoms with Gasteiger partial charge in [-0.1, -0.05) is 29.8 Å². The van der Waals surface area contributed by atoms with Crippen molar-refractivity contribution in [2.24, 2.45) is 0 Å². The van der Waals surface area contributed by atoms with Crippen LogP contribution in [0.2, 0.25) is 5.02 Å². The summed E-state index contributed by atoms with van der Waals surface area (Å²) in [6.45, 7) is 2.54. The van der Waals surface area contributed by atoms with Crippen LogP contribution in [-0.2, 0) is 6.42 Å². The molecule has 2 aliphatic rings. The number of carbonyl (C=O) groups excluding carboxylic acids is 1. The molecule has 0 radical (unpaired) electrons. The summed E-state index contributed by atoms with van der Waals surface area (Å²) >= 11 is 6.45. The molecule has 0 saturated carbocycles. The van der Waals surface area contributed by atoms with Gasteiger partial charge in [-0.2, -0.15) is 0 Å². The number of para-hydroxylation sites is 1. The first-order valence-corrected chi connectivity index (χ1v) is 9.91. The predicted molar refractivity (Wildman–Crippen MR) is 109 cm³/mol. The number of anilines is 2. The second-order valence-corrected chi connectivity index (χ2v) is 7.51. The highest BCUT2D eigenvalue weighted by Crippen LogP contribution is 2.31. The van der Waals surface area contributed by atoms with E-state index < -0.39 is 0 Å². The number of benzene rings is 2. The lowest BCUT2D eigenvalue weighted by Crippen LogP contribution is -2.37. The lowest BCUT2D eigenvalue weighted by Gasteiger charge is -2.29. The molecular formula is C21H24ClN3O2. The van der Waals surface area contributed by atoms with E-state index in [4.69, 9.17) is 16.3 Å². The Morgan fingerprint density at radius 2 is 1.96 bits per heavy atom. The molecule has 2 heterocycles. The molecule has 2 aromatic carbocycles. The maximum Gasteiger partial charge on any atom is 0.319 e. The van der Waals surface area contributed by atoms with Gasteiger partial charge in [0.25, 0.3) is 0 Å². The molecule has 1 fully saturated rings. The largest absolute Gasteiger partial charge is 0.488 e. The van der Waals surface area contributed by atoms with Gasteiger partial charge in [0.15, 0.2) is 0 Å². The van der Waals surface area contributed by atoms with Crippen molar-refractivity contribution in [3.63, 3.8) is 0 Å². The number of carbonyl (C=O) groups is 1. The van der Waals surface area contributed by atoms with Crippen LogP contribution >= 0.6 is 11.6 Å². The zero-order chi connectivity index (χ0) is 18.6. The van der Waals surface area contributed by atoms with Gasteiger partial charge in [0.05, 0.1) is 17.3 Å². The number of rotatable bonds is 4.